The van der Waals surface area contributed by atoms with E-state index in [1.165, 1.54) is 32.1 Å². The van der Waals surface area contributed by atoms with E-state index in [1.807, 2.05) is 0 Å². The van der Waals surface area contributed by atoms with Crippen LogP contribution in [-0.4, -0.2) is 22.4 Å². The summed E-state index contributed by atoms with van der Waals surface area (Å²) in [5.74, 6) is 0.763. The number of rotatable bonds is 0. The van der Waals surface area contributed by atoms with Crippen LogP contribution in [0.5, 0.6) is 0 Å². The van der Waals surface area contributed by atoms with Gasteiger partial charge in [0.1, 0.15) is 0 Å². The Labute approximate surface area is 93.7 Å². The standard InChI is InChI=1S/C7H14O.C6H12O/c1-6-3-2-4-7(8)5-6;7-6-4-2-1-3-5-6/h6-8H,2-5H2,1H3;6-7H,1-5H2. The summed E-state index contributed by atoms with van der Waals surface area (Å²) in [4.78, 5) is 0. The van der Waals surface area contributed by atoms with Crippen LogP contribution in [0.25, 0.3) is 0 Å². The molecule has 0 aromatic rings. The van der Waals surface area contributed by atoms with Gasteiger partial charge in [-0.2, -0.15) is 0 Å². The molecule has 0 aromatic carbocycles. The van der Waals surface area contributed by atoms with Gasteiger partial charge in [0.25, 0.3) is 0 Å². The lowest BCUT2D eigenvalue weighted by atomic mass is 9.89. The molecule has 2 fully saturated rings. The van der Waals surface area contributed by atoms with E-state index in [-0.39, 0.29) is 12.2 Å². The molecule has 2 aliphatic carbocycles. The van der Waals surface area contributed by atoms with Crippen LogP contribution in [0, 0.1) is 5.92 Å². The Morgan fingerprint density at radius 3 is 1.67 bits per heavy atom. The highest BCUT2D eigenvalue weighted by atomic mass is 16.3. The lowest BCUT2D eigenvalue weighted by Crippen LogP contribution is -2.16. The van der Waals surface area contributed by atoms with Crippen molar-refractivity contribution in [1.82, 2.24) is 0 Å². The quantitative estimate of drug-likeness (QED) is 0.651. The van der Waals surface area contributed by atoms with Gasteiger partial charge in [0.05, 0.1) is 12.2 Å². The number of aliphatic hydroxyl groups is 2. The first-order valence-corrected chi connectivity index (χ1v) is 6.54. The average molecular weight is 214 g/mol. The first-order chi connectivity index (χ1) is 7.18. The molecular weight excluding hydrogens is 188 g/mol. The molecule has 2 nitrogen and oxygen atoms in total. The van der Waals surface area contributed by atoms with Crippen molar-refractivity contribution in [3.63, 3.8) is 0 Å². The minimum atomic E-state index is 0.0127. The van der Waals surface area contributed by atoms with Crippen molar-refractivity contribution in [2.45, 2.75) is 76.9 Å². The van der Waals surface area contributed by atoms with Gasteiger partial charge in [-0.05, 0) is 31.6 Å². The first-order valence-electron chi connectivity index (χ1n) is 6.54. The van der Waals surface area contributed by atoms with Crippen LogP contribution in [0.1, 0.15) is 64.7 Å². The first kappa shape index (κ1) is 13.0. The molecule has 0 aliphatic heterocycles. The zero-order chi connectivity index (χ0) is 11.1. The number of aliphatic hydroxyl groups excluding tert-OH is 2. The second kappa shape index (κ2) is 7.24. The molecule has 2 N–H and O–H groups in total. The Bertz CT molecular complexity index is 145. The van der Waals surface area contributed by atoms with Crippen molar-refractivity contribution >= 4 is 0 Å². The molecule has 0 spiro atoms. The van der Waals surface area contributed by atoms with Crippen molar-refractivity contribution in [2.75, 3.05) is 0 Å². The highest BCUT2D eigenvalue weighted by Gasteiger charge is 2.15. The Hall–Kier alpha value is -0.0800. The van der Waals surface area contributed by atoms with E-state index >= 15 is 0 Å². The molecule has 2 heteroatoms. The maximum Gasteiger partial charge on any atom is 0.0542 e. The van der Waals surface area contributed by atoms with Crippen molar-refractivity contribution < 1.29 is 10.2 Å². The molecule has 2 rings (SSSR count). The second-order valence-corrected chi connectivity index (χ2v) is 5.22. The molecule has 90 valence electrons. The molecule has 2 saturated carbocycles. The van der Waals surface area contributed by atoms with Gasteiger partial charge in [0.2, 0.25) is 0 Å². The zero-order valence-electron chi connectivity index (χ0n) is 9.99. The molecule has 15 heavy (non-hydrogen) atoms. The second-order valence-electron chi connectivity index (χ2n) is 5.22. The average Bonchev–Trinajstić information content (AvgIpc) is 2.19. The number of hydrogen-bond donors (Lipinski definition) is 2. The molecule has 0 amide bonds. The molecule has 0 saturated heterocycles. The summed E-state index contributed by atoms with van der Waals surface area (Å²) in [7, 11) is 0. The van der Waals surface area contributed by atoms with Crippen LogP contribution in [0.15, 0.2) is 0 Å². The van der Waals surface area contributed by atoms with Crippen molar-refractivity contribution in [3.8, 4) is 0 Å². The monoisotopic (exact) mass is 214 g/mol. The largest absolute Gasteiger partial charge is 0.393 e. The molecule has 2 atom stereocenters. The fourth-order valence-corrected chi connectivity index (χ4v) is 2.48. The van der Waals surface area contributed by atoms with Gasteiger partial charge in [-0.1, -0.05) is 39.0 Å². The normalized spacial score (nSPS) is 33.0. The van der Waals surface area contributed by atoms with Gasteiger partial charge in [-0.25, -0.2) is 0 Å². The van der Waals surface area contributed by atoms with Crippen LogP contribution in [0.4, 0.5) is 0 Å². The Balaban J connectivity index is 0.000000151. The maximum absolute atomic E-state index is 9.08. The van der Waals surface area contributed by atoms with E-state index < -0.39 is 0 Å². The third-order valence-electron chi connectivity index (χ3n) is 3.48. The van der Waals surface area contributed by atoms with Gasteiger partial charge >= 0.3 is 0 Å². The molecule has 0 aromatic heterocycles. The Kier molecular flexibility index (Phi) is 6.26. The lowest BCUT2D eigenvalue weighted by Gasteiger charge is -2.21. The molecular formula is C13H26O2. The van der Waals surface area contributed by atoms with E-state index in [0.29, 0.717) is 0 Å². The van der Waals surface area contributed by atoms with E-state index in [0.717, 1.165) is 31.6 Å². The molecule has 0 bridgehead atoms. The highest BCUT2D eigenvalue weighted by Crippen LogP contribution is 2.22. The van der Waals surface area contributed by atoms with Crippen LogP contribution < -0.4 is 0 Å². The Morgan fingerprint density at radius 1 is 0.733 bits per heavy atom. The van der Waals surface area contributed by atoms with Gasteiger partial charge in [-0.15, -0.1) is 0 Å². The van der Waals surface area contributed by atoms with Crippen molar-refractivity contribution in [1.29, 1.82) is 0 Å². The summed E-state index contributed by atoms with van der Waals surface area (Å²) in [6, 6.07) is 0. The molecule has 2 unspecified atom stereocenters. The van der Waals surface area contributed by atoms with Crippen molar-refractivity contribution in [2.24, 2.45) is 5.92 Å². The predicted molar refractivity (Wildman–Crippen MR) is 62.7 cm³/mol. The summed E-state index contributed by atoms with van der Waals surface area (Å²) in [5.41, 5.74) is 0. The lowest BCUT2D eigenvalue weighted by molar-refractivity contribution is 0.106. The summed E-state index contributed by atoms with van der Waals surface area (Å²) < 4.78 is 0. The SMILES string of the molecule is CC1CCCC(O)C1.OC1CCCCC1. The molecule has 0 heterocycles. The smallest absolute Gasteiger partial charge is 0.0542 e. The number of hydrogen-bond acceptors (Lipinski definition) is 2. The predicted octanol–water partition coefficient (Wildman–Crippen LogP) is 2.87. The van der Waals surface area contributed by atoms with Gasteiger partial charge in [-0.3, -0.25) is 0 Å². The molecule has 0 radical (unpaired) electrons. The summed E-state index contributed by atoms with van der Waals surface area (Å²) in [6.07, 6.45) is 10.5. The van der Waals surface area contributed by atoms with Crippen LogP contribution >= 0.6 is 0 Å². The summed E-state index contributed by atoms with van der Waals surface area (Å²) in [6.45, 7) is 2.21. The minimum Gasteiger partial charge on any atom is -0.393 e. The summed E-state index contributed by atoms with van der Waals surface area (Å²) >= 11 is 0. The third kappa shape index (κ3) is 6.16. The Morgan fingerprint density at radius 2 is 1.33 bits per heavy atom. The van der Waals surface area contributed by atoms with Crippen LogP contribution in [0.3, 0.4) is 0 Å². The van der Waals surface area contributed by atoms with E-state index in [2.05, 4.69) is 6.92 Å². The van der Waals surface area contributed by atoms with Gasteiger partial charge < -0.3 is 10.2 Å². The third-order valence-corrected chi connectivity index (χ3v) is 3.48. The van der Waals surface area contributed by atoms with Gasteiger partial charge in [0.15, 0.2) is 0 Å². The summed E-state index contributed by atoms with van der Waals surface area (Å²) in [5, 5.41) is 18.0. The van der Waals surface area contributed by atoms with E-state index in [9.17, 15) is 0 Å². The zero-order valence-corrected chi connectivity index (χ0v) is 9.99. The topological polar surface area (TPSA) is 40.5 Å². The van der Waals surface area contributed by atoms with E-state index in [1.54, 1.807) is 0 Å². The van der Waals surface area contributed by atoms with Gasteiger partial charge in [0, 0.05) is 0 Å². The van der Waals surface area contributed by atoms with Crippen molar-refractivity contribution in [3.05, 3.63) is 0 Å². The van der Waals surface area contributed by atoms with E-state index in [4.69, 9.17) is 10.2 Å². The highest BCUT2D eigenvalue weighted by molar-refractivity contribution is 4.68. The fourth-order valence-electron chi connectivity index (χ4n) is 2.48. The fraction of sp³-hybridized carbons (Fsp3) is 1.00. The van der Waals surface area contributed by atoms with Crippen LogP contribution in [-0.2, 0) is 0 Å². The maximum atomic E-state index is 9.08. The minimum absolute atomic E-state index is 0.0127. The van der Waals surface area contributed by atoms with Crippen LogP contribution in [0.2, 0.25) is 0 Å². The molecule has 2 aliphatic rings.